The van der Waals surface area contributed by atoms with Crippen molar-refractivity contribution in [3.8, 4) is 0 Å². The van der Waals surface area contributed by atoms with E-state index in [1.807, 2.05) is 0 Å². The van der Waals surface area contributed by atoms with E-state index in [2.05, 4.69) is 56.1 Å². The Bertz CT molecular complexity index is 147. The van der Waals surface area contributed by atoms with E-state index in [-0.39, 0.29) is 0 Å². The van der Waals surface area contributed by atoms with Gasteiger partial charge in [0.2, 0.25) is 0 Å². The highest BCUT2D eigenvalue weighted by molar-refractivity contribution is 14.1. The van der Waals surface area contributed by atoms with Crippen LogP contribution in [0.15, 0.2) is 24.3 Å². The van der Waals surface area contributed by atoms with E-state index < -0.39 is 0 Å². The molecule has 0 aromatic heterocycles. The molecule has 0 aliphatic carbocycles. The predicted molar refractivity (Wildman–Crippen MR) is 48.5 cm³/mol. The van der Waals surface area contributed by atoms with Crippen LogP contribution in [0.5, 0.6) is 0 Å². The van der Waals surface area contributed by atoms with Crippen LogP contribution in [0.1, 0.15) is 0 Å². The minimum absolute atomic E-state index is 1.24. The summed E-state index contributed by atoms with van der Waals surface area (Å²) in [5, 5.41) is 1.24. The van der Waals surface area contributed by atoms with Gasteiger partial charge in [0, 0.05) is 3.57 Å². The first kappa shape index (κ1) is 6.50. The molecule has 8 heavy (non-hydrogen) atoms. The standard InChI is InChI=1S/C6H6IP/c7-5-1-3-6(8)4-2-5/h1-4H,8H2. The molecule has 0 radical (unpaired) electrons. The summed E-state index contributed by atoms with van der Waals surface area (Å²) in [7, 11) is 2.65. The van der Waals surface area contributed by atoms with Crippen LogP contribution in [0.2, 0.25) is 0 Å². The fraction of sp³-hybridized carbons (Fsp3) is 0. The average molecular weight is 236 g/mol. The van der Waals surface area contributed by atoms with Gasteiger partial charge in [0.1, 0.15) is 0 Å². The molecule has 0 heterocycles. The second-order valence-corrected chi connectivity index (χ2v) is 3.46. The largest absolute Gasteiger partial charge is 0.106 e. The monoisotopic (exact) mass is 236 g/mol. The molecule has 0 N–H and O–H groups in total. The van der Waals surface area contributed by atoms with Gasteiger partial charge in [-0.1, -0.05) is 12.1 Å². The van der Waals surface area contributed by atoms with Gasteiger partial charge in [0.05, 0.1) is 0 Å². The zero-order chi connectivity index (χ0) is 5.98. The van der Waals surface area contributed by atoms with Gasteiger partial charge in [-0.2, -0.15) is 0 Å². The van der Waals surface area contributed by atoms with Crippen LogP contribution in [-0.2, 0) is 0 Å². The molecule has 1 atom stereocenters. The van der Waals surface area contributed by atoms with Crippen molar-refractivity contribution in [3.05, 3.63) is 27.8 Å². The molecular weight excluding hydrogens is 230 g/mol. The first-order chi connectivity index (χ1) is 3.79. The molecule has 0 amide bonds. The highest BCUT2D eigenvalue weighted by Crippen LogP contribution is 2.01. The number of hydrogen-bond acceptors (Lipinski definition) is 0. The van der Waals surface area contributed by atoms with Gasteiger partial charge in [-0.3, -0.25) is 0 Å². The second kappa shape index (κ2) is 2.79. The van der Waals surface area contributed by atoms with Crippen LogP contribution in [0, 0.1) is 3.57 Å². The highest BCUT2D eigenvalue weighted by atomic mass is 127. The highest BCUT2D eigenvalue weighted by Gasteiger charge is 1.81. The van der Waals surface area contributed by atoms with Crippen LogP contribution in [0.25, 0.3) is 0 Å². The van der Waals surface area contributed by atoms with Crippen molar-refractivity contribution >= 4 is 37.1 Å². The molecule has 0 aliphatic rings. The molecule has 0 bridgehead atoms. The Morgan fingerprint density at radius 2 is 1.62 bits per heavy atom. The van der Waals surface area contributed by atoms with Gasteiger partial charge in [-0.25, -0.2) is 0 Å². The summed E-state index contributed by atoms with van der Waals surface area (Å²) >= 11 is 2.29. The van der Waals surface area contributed by atoms with E-state index in [1.54, 1.807) is 0 Å². The SMILES string of the molecule is Pc1ccc(I)cc1. The van der Waals surface area contributed by atoms with Crippen molar-refractivity contribution in [3.63, 3.8) is 0 Å². The van der Waals surface area contributed by atoms with Crippen molar-refractivity contribution in [1.82, 2.24) is 0 Å². The Labute approximate surface area is 65.0 Å². The molecule has 1 aromatic rings. The van der Waals surface area contributed by atoms with Crippen LogP contribution < -0.4 is 5.30 Å². The van der Waals surface area contributed by atoms with Gasteiger partial charge in [0.25, 0.3) is 0 Å². The predicted octanol–water partition coefficient (Wildman–Crippen LogP) is 1.79. The normalized spacial score (nSPS) is 9.25. The van der Waals surface area contributed by atoms with E-state index in [4.69, 9.17) is 0 Å². The summed E-state index contributed by atoms with van der Waals surface area (Å²) in [4.78, 5) is 0. The zero-order valence-corrected chi connectivity index (χ0v) is 7.58. The molecule has 0 spiro atoms. The van der Waals surface area contributed by atoms with Crippen LogP contribution in [0.4, 0.5) is 0 Å². The van der Waals surface area contributed by atoms with Crippen LogP contribution >= 0.6 is 31.8 Å². The quantitative estimate of drug-likeness (QED) is 0.475. The lowest BCUT2D eigenvalue weighted by Gasteiger charge is -1.88. The Kier molecular flexibility index (Phi) is 2.27. The summed E-state index contributed by atoms with van der Waals surface area (Å²) < 4.78 is 1.29. The first-order valence-corrected chi connectivity index (χ1v) is 3.96. The molecule has 1 rings (SSSR count). The lowest BCUT2D eigenvalue weighted by molar-refractivity contribution is 1.70. The molecule has 0 saturated heterocycles. The molecule has 1 unspecified atom stereocenters. The van der Waals surface area contributed by atoms with Crippen molar-refractivity contribution in [2.75, 3.05) is 0 Å². The molecule has 42 valence electrons. The summed E-state index contributed by atoms with van der Waals surface area (Å²) in [6.07, 6.45) is 0. The van der Waals surface area contributed by atoms with Gasteiger partial charge < -0.3 is 0 Å². The maximum atomic E-state index is 2.65. The third-order valence-corrected chi connectivity index (χ3v) is 1.97. The lowest BCUT2D eigenvalue weighted by Crippen LogP contribution is -1.85. The molecule has 1 aromatic carbocycles. The maximum absolute atomic E-state index is 2.65. The summed E-state index contributed by atoms with van der Waals surface area (Å²) in [6, 6.07) is 8.32. The number of benzene rings is 1. The first-order valence-electron chi connectivity index (χ1n) is 2.30. The van der Waals surface area contributed by atoms with Gasteiger partial charge in [-0.15, -0.1) is 9.24 Å². The van der Waals surface area contributed by atoms with E-state index >= 15 is 0 Å². The minimum atomic E-state index is 1.24. The third-order valence-electron chi connectivity index (χ3n) is 0.870. The summed E-state index contributed by atoms with van der Waals surface area (Å²) in [5.41, 5.74) is 0. The molecule has 0 nitrogen and oxygen atoms in total. The van der Waals surface area contributed by atoms with Gasteiger partial charge >= 0.3 is 0 Å². The zero-order valence-electron chi connectivity index (χ0n) is 4.26. The van der Waals surface area contributed by atoms with Crippen LogP contribution in [-0.4, -0.2) is 0 Å². The third kappa shape index (κ3) is 1.71. The maximum Gasteiger partial charge on any atom is 0.0130 e. The van der Waals surface area contributed by atoms with Gasteiger partial charge in [-0.05, 0) is 40.0 Å². The van der Waals surface area contributed by atoms with Crippen LogP contribution in [0.3, 0.4) is 0 Å². The fourth-order valence-corrected chi connectivity index (χ4v) is 1.01. The molecule has 2 heteroatoms. The summed E-state index contributed by atoms with van der Waals surface area (Å²) in [6.45, 7) is 0. The van der Waals surface area contributed by atoms with Crippen molar-refractivity contribution in [2.24, 2.45) is 0 Å². The summed E-state index contributed by atoms with van der Waals surface area (Å²) in [5.74, 6) is 0. The minimum Gasteiger partial charge on any atom is -0.106 e. The second-order valence-electron chi connectivity index (χ2n) is 1.55. The fourth-order valence-electron chi connectivity index (χ4n) is 0.463. The lowest BCUT2D eigenvalue weighted by atomic mass is 10.4. The Balaban J connectivity index is 3.03. The van der Waals surface area contributed by atoms with Crippen molar-refractivity contribution in [2.45, 2.75) is 0 Å². The van der Waals surface area contributed by atoms with E-state index in [0.717, 1.165) is 0 Å². The smallest absolute Gasteiger partial charge is 0.0130 e. The average Bonchev–Trinajstić information content (AvgIpc) is 1.77. The Morgan fingerprint density at radius 1 is 1.12 bits per heavy atom. The molecule has 0 aliphatic heterocycles. The van der Waals surface area contributed by atoms with Crippen molar-refractivity contribution < 1.29 is 0 Å². The van der Waals surface area contributed by atoms with E-state index in [1.165, 1.54) is 8.87 Å². The van der Waals surface area contributed by atoms with Crippen molar-refractivity contribution in [1.29, 1.82) is 0 Å². The molecule has 0 saturated carbocycles. The van der Waals surface area contributed by atoms with Gasteiger partial charge in [0.15, 0.2) is 0 Å². The van der Waals surface area contributed by atoms with E-state index in [0.29, 0.717) is 0 Å². The van der Waals surface area contributed by atoms with E-state index in [9.17, 15) is 0 Å². The number of hydrogen-bond donors (Lipinski definition) is 0. The number of rotatable bonds is 0. The molecular formula is C6H6IP. The Hall–Kier alpha value is 0.380. The number of halogens is 1. The Morgan fingerprint density at radius 3 is 2.00 bits per heavy atom. The molecule has 0 fully saturated rings. The topological polar surface area (TPSA) is 0 Å².